The lowest BCUT2D eigenvalue weighted by Gasteiger charge is -2.36. The van der Waals surface area contributed by atoms with Gasteiger partial charge < -0.3 is 9.33 Å². The van der Waals surface area contributed by atoms with Crippen molar-refractivity contribution in [1.82, 2.24) is 4.90 Å². The highest BCUT2D eigenvalue weighted by atomic mass is 35.5. The molecule has 0 N–H and O–H groups in total. The number of amides is 3. The Kier molecular flexibility index (Phi) is 8.90. The molecule has 0 saturated carbocycles. The number of anilines is 1. The molecule has 0 aliphatic carbocycles. The van der Waals surface area contributed by atoms with Gasteiger partial charge in [-0.05, 0) is 40.1 Å². The molecule has 43 heavy (non-hydrogen) atoms. The van der Waals surface area contributed by atoms with Crippen LogP contribution in [-0.2, 0) is 9.22 Å². The summed E-state index contributed by atoms with van der Waals surface area (Å²) in [6.07, 6.45) is -0.540. The first-order chi connectivity index (χ1) is 20.5. The van der Waals surface area contributed by atoms with Crippen molar-refractivity contribution in [3.05, 3.63) is 124 Å². The quantitative estimate of drug-likeness (QED) is 0.173. The number of halogens is 2. The van der Waals surface area contributed by atoms with Crippen LogP contribution in [0, 0.1) is 5.41 Å². The summed E-state index contributed by atoms with van der Waals surface area (Å²) in [5.74, 6) is -1.47. The number of nitrogens with zero attached hydrogens (tertiary/aromatic N) is 2. The van der Waals surface area contributed by atoms with Gasteiger partial charge in [-0.3, -0.25) is 19.3 Å². The lowest BCUT2D eigenvalue weighted by atomic mass is 9.84. The molecule has 3 amide bonds. The molecule has 9 heteroatoms. The third-order valence-corrected chi connectivity index (χ3v) is 10.3. The van der Waals surface area contributed by atoms with E-state index in [2.05, 4.69) is 45.0 Å². The lowest BCUT2D eigenvalue weighted by Crippen LogP contribution is -2.47. The van der Waals surface area contributed by atoms with Crippen LogP contribution in [0.5, 0.6) is 0 Å². The zero-order chi connectivity index (χ0) is 30.9. The first-order valence-electron chi connectivity index (χ1n) is 13.8. The number of rotatable bonds is 8. The Morgan fingerprint density at radius 1 is 0.814 bits per heavy atom. The van der Waals surface area contributed by atoms with Crippen molar-refractivity contribution < 1.29 is 18.8 Å². The summed E-state index contributed by atoms with van der Waals surface area (Å²) in [5, 5.41) is 2.83. The monoisotopic (exact) mass is 629 g/mol. The van der Waals surface area contributed by atoms with Gasteiger partial charge in [0.25, 0.3) is 20.9 Å². The van der Waals surface area contributed by atoms with Crippen molar-refractivity contribution in [1.29, 1.82) is 0 Å². The van der Waals surface area contributed by atoms with Crippen molar-refractivity contribution in [2.75, 3.05) is 18.5 Å². The number of likely N-dealkylation sites (N-methyl/N-ethyl adjacent to an activating group) is 1. The second kappa shape index (κ2) is 12.5. The van der Waals surface area contributed by atoms with Crippen molar-refractivity contribution in [2.24, 2.45) is 5.41 Å². The zero-order valence-corrected chi connectivity index (χ0v) is 26.8. The molecule has 0 saturated heterocycles. The maximum Gasteiger partial charge on any atom is 0.283 e. The molecule has 5 rings (SSSR count). The van der Waals surface area contributed by atoms with Crippen molar-refractivity contribution >= 4 is 66.0 Å². The molecular weight excluding hydrogens is 599 g/mol. The Hall–Kier alpha value is -3.75. The minimum Gasteiger partial charge on any atom is -0.400 e. The highest BCUT2D eigenvalue weighted by Gasteiger charge is 2.39. The van der Waals surface area contributed by atoms with Crippen LogP contribution in [0.1, 0.15) is 53.2 Å². The number of fused-ring (bicyclic) bond motifs is 1. The summed E-state index contributed by atoms with van der Waals surface area (Å²) in [5.41, 5.74) is 1.11. The molecule has 6 nitrogen and oxygen atoms in total. The number of carbonyl (C=O) groups is 3. The average molecular weight is 631 g/mol. The summed E-state index contributed by atoms with van der Waals surface area (Å²) >= 11 is 13.9. The summed E-state index contributed by atoms with van der Waals surface area (Å²) in [7, 11) is -0.178. The summed E-state index contributed by atoms with van der Waals surface area (Å²) in [6.45, 7) is 5.75. The van der Waals surface area contributed by atoms with Crippen molar-refractivity contribution in [3.63, 3.8) is 0 Å². The minimum atomic E-state index is -1.74. The van der Waals surface area contributed by atoms with E-state index in [0.29, 0.717) is 16.3 Å². The van der Waals surface area contributed by atoms with E-state index < -0.39 is 44.8 Å². The molecule has 4 aromatic carbocycles. The molecule has 1 aliphatic rings. The van der Waals surface area contributed by atoms with E-state index in [-0.39, 0.29) is 16.1 Å². The maximum atomic E-state index is 13.5. The first-order valence-corrected chi connectivity index (χ1v) is 16.0. The van der Waals surface area contributed by atoms with E-state index in [1.54, 1.807) is 43.4 Å². The van der Waals surface area contributed by atoms with Crippen LogP contribution < -0.4 is 15.3 Å². The van der Waals surface area contributed by atoms with Gasteiger partial charge >= 0.3 is 0 Å². The molecule has 219 valence electrons. The van der Waals surface area contributed by atoms with Crippen molar-refractivity contribution in [3.8, 4) is 0 Å². The summed E-state index contributed by atoms with van der Waals surface area (Å²) < 4.78 is 7.03. The first kappa shape index (κ1) is 30.7. The molecule has 1 unspecified atom stereocenters. The molecule has 1 heterocycles. The van der Waals surface area contributed by atoms with E-state index >= 15 is 0 Å². The fraction of sp³-hybridized carbons (Fsp3) is 0.206. The SMILES string of the molecule is CN(C(=O)CN1C(=O)c2ccccc2C1=O)c1ccc(Cl)c(C(O[Si](c2ccccc2)c2ccccc2)C(C)(C)C)c1Cl. The van der Waals surface area contributed by atoms with Gasteiger partial charge in [-0.15, -0.1) is 0 Å². The van der Waals surface area contributed by atoms with Crippen LogP contribution in [0.15, 0.2) is 97.1 Å². The summed E-state index contributed by atoms with van der Waals surface area (Å²) in [6, 6.07) is 30.1. The second-order valence-electron chi connectivity index (χ2n) is 11.4. The van der Waals surface area contributed by atoms with Gasteiger partial charge in [0.15, 0.2) is 0 Å². The molecule has 0 spiro atoms. The van der Waals surface area contributed by atoms with Gasteiger partial charge in [-0.25, -0.2) is 0 Å². The Morgan fingerprint density at radius 2 is 1.30 bits per heavy atom. The highest BCUT2D eigenvalue weighted by molar-refractivity contribution is 6.80. The smallest absolute Gasteiger partial charge is 0.283 e. The lowest BCUT2D eigenvalue weighted by molar-refractivity contribution is -0.118. The van der Waals surface area contributed by atoms with Crippen LogP contribution in [-0.4, -0.2) is 45.3 Å². The van der Waals surface area contributed by atoms with Crippen molar-refractivity contribution in [2.45, 2.75) is 26.9 Å². The largest absolute Gasteiger partial charge is 0.400 e. The standard InChI is InChI=1S/C34H31Cl2N2O4Si/c1-34(2,3)31(42-43(22-13-7-5-8-14-22)23-15-9-6-10-16-23)29-26(35)19-20-27(30(29)36)37(4)28(39)21-38-32(40)24-17-11-12-18-25(24)33(38)41/h5-20,31H,21H2,1-4H3. The fourth-order valence-electron chi connectivity index (χ4n) is 5.08. The number of carbonyl (C=O) groups excluding carboxylic acids is 3. The van der Waals surface area contributed by atoms with Crippen LogP contribution >= 0.6 is 23.2 Å². The molecule has 0 fully saturated rings. The molecule has 0 bridgehead atoms. The van der Waals surface area contributed by atoms with Gasteiger partial charge in [0, 0.05) is 17.6 Å². The molecular formula is C34H31Cl2N2O4Si. The van der Waals surface area contributed by atoms with E-state index in [0.717, 1.165) is 15.3 Å². The topological polar surface area (TPSA) is 66.9 Å². The average Bonchev–Trinajstić information content (AvgIpc) is 3.23. The number of benzene rings is 4. The minimum absolute atomic E-state index is 0.271. The van der Waals surface area contributed by atoms with Gasteiger partial charge in [-0.2, -0.15) is 0 Å². The summed E-state index contributed by atoms with van der Waals surface area (Å²) in [4.78, 5) is 41.5. The normalized spacial score (nSPS) is 13.8. The van der Waals surface area contributed by atoms with E-state index in [9.17, 15) is 14.4 Å². The number of hydrogen-bond donors (Lipinski definition) is 0. The molecule has 1 radical (unpaired) electrons. The zero-order valence-electron chi connectivity index (χ0n) is 24.3. The second-order valence-corrected chi connectivity index (χ2v) is 14.2. The highest BCUT2D eigenvalue weighted by Crippen LogP contribution is 2.46. The third-order valence-electron chi connectivity index (χ3n) is 7.37. The van der Waals surface area contributed by atoms with E-state index in [1.165, 1.54) is 4.90 Å². The van der Waals surface area contributed by atoms with Gasteiger partial charge in [0.05, 0.1) is 27.9 Å². The van der Waals surface area contributed by atoms with Crippen LogP contribution in [0.4, 0.5) is 5.69 Å². The molecule has 1 atom stereocenters. The Bertz CT molecular complexity index is 1600. The molecule has 4 aromatic rings. The van der Waals surface area contributed by atoms with Gasteiger partial charge in [0.2, 0.25) is 5.91 Å². The van der Waals surface area contributed by atoms with Crippen LogP contribution in [0.25, 0.3) is 0 Å². The van der Waals surface area contributed by atoms with E-state index in [4.69, 9.17) is 27.6 Å². The Balaban J connectivity index is 1.48. The van der Waals surface area contributed by atoms with Crippen LogP contribution in [0.2, 0.25) is 10.0 Å². The maximum absolute atomic E-state index is 13.5. The number of imide groups is 1. The predicted octanol–water partition coefficient (Wildman–Crippen LogP) is 6.16. The fourth-order valence-corrected chi connectivity index (χ4v) is 8.08. The molecule has 1 aliphatic heterocycles. The Labute approximate surface area is 263 Å². The Morgan fingerprint density at radius 3 is 1.79 bits per heavy atom. The number of hydrogen-bond acceptors (Lipinski definition) is 4. The van der Waals surface area contributed by atoms with Crippen LogP contribution in [0.3, 0.4) is 0 Å². The van der Waals surface area contributed by atoms with Gasteiger partial charge in [0.1, 0.15) is 6.54 Å². The van der Waals surface area contributed by atoms with Gasteiger partial charge in [-0.1, -0.05) is 117 Å². The molecule has 0 aromatic heterocycles. The third kappa shape index (κ3) is 6.17. The predicted molar refractivity (Wildman–Crippen MR) is 173 cm³/mol. The van der Waals surface area contributed by atoms with E-state index in [1.807, 2.05) is 36.4 Å².